The first-order valence-corrected chi connectivity index (χ1v) is 8.83. The molecule has 2 fully saturated rings. The minimum atomic E-state index is 0.0467. The summed E-state index contributed by atoms with van der Waals surface area (Å²) in [5, 5.41) is 0. The third-order valence-corrected chi connectivity index (χ3v) is 5.02. The number of hydrogen-bond donors (Lipinski definition) is 0. The van der Waals surface area contributed by atoms with Crippen LogP contribution in [0.5, 0.6) is 0 Å². The summed E-state index contributed by atoms with van der Waals surface area (Å²) in [4.78, 5) is 28.3. The van der Waals surface area contributed by atoms with Gasteiger partial charge in [-0.3, -0.25) is 9.59 Å². The fraction of sp³-hybridized carbons (Fsp3) is 0.579. The molecule has 2 amide bonds. The summed E-state index contributed by atoms with van der Waals surface area (Å²) in [6, 6.07) is 7.42. The monoisotopic (exact) mass is 330 g/mol. The molecule has 0 bridgehead atoms. The normalized spacial score (nSPS) is 22.1. The van der Waals surface area contributed by atoms with Crippen molar-refractivity contribution in [3.63, 3.8) is 0 Å². The van der Waals surface area contributed by atoms with Crippen LogP contribution in [-0.2, 0) is 9.53 Å². The first-order chi connectivity index (χ1) is 11.6. The van der Waals surface area contributed by atoms with E-state index in [-0.39, 0.29) is 11.8 Å². The van der Waals surface area contributed by atoms with Crippen LogP contribution >= 0.6 is 0 Å². The van der Waals surface area contributed by atoms with Gasteiger partial charge in [0.15, 0.2) is 0 Å². The average molecular weight is 330 g/mol. The lowest BCUT2D eigenvalue weighted by atomic mass is 9.96. The van der Waals surface area contributed by atoms with Crippen molar-refractivity contribution < 1.29 is 14.3 Å². The molecule has 1 aromatic carbocycles. The quantitative estimate of drug-likeness (QED) is 0.856. The molecule has 24 heavy (non-hydrogen) atoms. The van der Waals surface area contributed by atoms with Crippen LogP contribution in [0, 0.1) is 11.8 Å². The molecule has 0 aliphatic carbocycles. The Morgan fingerprint density at radius 1 is 1.21 bits per heavy atom. The van der Waals surface area contributed by atoms with Crippen LogP contribution in [0.25, 0.3) is 0 Å². The van der Waals surface area contributed by atoms with E-state index in [1.807, 2.05) is 29.2 Å². The smallest absolute Gasteiger partial charge is 0.253 e. The van der Waals surface area contributed by atoms with Gasteiger partial charge in [0, 0.05) is 43.2 Å². The van der Waals surface area contributed by atoms with Gasteiger partial charge in [-0.2, -0.15) is 0 Å². The van der Waals surface area contributed by atoms with Gasteiger partial charge in [0.25, 0.3) is 5.91 Å². The number of amides is 2. The molecule has 0 N–H and O–H groups in total. The Bertz CT molecular complexity index is 597. The highest BCUT2D eigenvalue weighted by Gasteiger charge is 2.26. The Balaban J connectivity index is 1.71. The Labute approximate surface area is 143 Å². The lowest BCUT2D eigenvalue weighted by molar-refractivity contribution is -0.117. The van der Waals surface area contributed by atoms with Gasteiger partial charge in [-0.1, -0.05) is 13.8 Å². The maximum absolute atomic E-state index is 12.8. The van der Waals surface area contributed by atoms with Gasteiger partial charge in [0.1, 0.15) is 0 Å². The van der Waals surface area contributed by atoms with Crippen molar-refractivity contribution in [3.05, 3.63) is 29.8 Å². The second-order valence-electron chi connectivity index (χ2n) is 7.03. The molecule has 2 aliphatic heterocycles. The fourth-order valence-corrected chi connectivity index (χ4v) is 3.31. The fourth-order valence-electron chi connectivity index (χ4n) is 3.31. The third kappa shape index (κ3) is 3.61. The van der Waals surface area contributed by atoms with Crippen LogP contribution in [-0.4, -0.2) is 49.6 Å². The molecular weight excluding hydrogens is 304 g/mol. The molecule has 0 aromatic heterocycles. The molecule has 3 rings (SSSR count). The molecule has 2 heterocycles. The summed E-state index contributed by atoms with van der Waals surface area (Å²) < 4.78 is 5.65. The van der Waals surface area contributed by atoms with Crippen LogP contribution in [0.15, 0.2) is 24.3 Å². The molecular formula is C19H26N2O3. The van der Waals surface area contributed by atoms with Gasteiger partial charge in [-0.15, -0.1) is 0 Å². The van der Waals surface area contributed by atoms with E-state index in [1.165, 1.54) is 0 Å². The van der Waals surface area contributed by atoms with E-state index in [4.69, 9.17) is 4.74 Å². The first-order valence-electron chi connectivity index (χ1n) is 8.83. The van der Waals surface area contributed by atoms with E-state index < -0.39 is 0 Å². The second kappa shape index (κ2) is 7.34. The summed E-state index contributed by atoms with van der Waals surface area (Å²) in [6.45, 7) is 7.80. The SMILES string of the molecule is CC(C)C1COCCN(C(=O)c2ccc(N3CCCC3=O)cc2)C1. The highest BCUT2D eigenvalue weighted by Crippen LogP contribution is 2.23. The van der Waals surface area contributed by atoms with E-state index in [9.17, 15) is 9.59 Å². The predicted molar refractivity (Wildman–Crippen MR) is 93.1 cm³/mol. The maximum Gasteiger partial charge on any atom is 0.253 e. The Hall–Kier alpha value is -1.88. The Morgan fingerprint density at radius 3 is 2.58 bits per heavy atom. The van der Waals surface area contributed by atoms with Gasteiger partial charge in [-0.25, -0.2) is 0 Å². The molecule has 130 valence electrons. The third-order valence-electron chi connectivity index (χ3n) is 5.02. The molecule has 0 spiro atoms. The van der Waals surface area contributed by atoms with Crippen molar-refractivity contribution in [3.8, 4) is 0 Å². The van der Waals surface area contributed by atoms with Gasteiger partial charge < -0.3 is 14.5 Å². The van der Waals surface area contributed by atoms with Gasteiger partial charge >= 0.3 is 0 Å². The van der Waals surface area contributed by atoms with E-state index in [0.717, 1.165) is 31.8 Å². The van der Waals surface area contributed by atoms with Crippen molar-refractivity contribution in [1.82, 2.24) is 4.90 Å². The summed E-state index contributed by atoms with van der Waals surface area (Å²) in [6.07, 6.45) is 1.52. The van der Waals surface area contributed by atoms with Crippen LogP contribution in [0.4, 0.5) is 5.69 Å². The summed E-state index contributed by atoms with van der Waals surface area (Å²) >= 11 is 0. The maximum atomic E-state index is 12.8. The van der Waals surface area contributed by atoms with Gasteiger partial charge in [0.05, 0.1) is 13.2 Å². The molecule has 2 saturated heterocycles. The molecule has 1 atom stereocenters. The van der Waals surface area contributed by atoms with E-state index in [1.54, 1.807) is 4.90 Å². The average Bonchev–Trinajstić information content (AvgIpc) is 2.86. The molecule has 5 nitrogen and oxygen atoms in total. The van der Waals surface area contributed by atoms with Gasteiger partial charge in [0.2, 0.25) is 5.91 Å². The Kier molecular flexibility index (Phi) is 5.19. The van der Waals surface area contributed by atoms with Crippen molar-refractivity contribution in [2.45, 2.75) is 26.7 Å². The molecule has 0 saturated carbocycles. The minimum Gasteiger partial charge on any atom is -0.379 e. The van der Waals surface area contributed by atoms with Crippen LogP contribution in [0.3, 0.4) is 0 Å². The summed E-state index contributed by atoms with van der Waals surface area (Å²) in [5.74, 6) is 1.07. The van der Waals surface area contributed by atoms with E-state index >= 15 is 0 Å². The number of hydrogen-bond acceptors (Lipinski definition) is 3. The predicted octanol–water partition coefficient (Wildman–Crippen LogP) is 2.56. The number of anilines is 1. The Morgan fingerprint density at radius 2 is 1.96 bits per heavy atom. The lowest BCUT2D eigenvalue weighted by Crippen LogP contribution is -2.37. The molecule has 0 radical (unpaired) electrons. The zero-order valence-corrected chi connectivity index (χ0v) is 14.5. The number of carbonyl (C=O) groups is 2. The van der Waals surface area contributed by atoms with E-state index in [2.05, 4.69) is 13.8 Å². The topological polar surface area (TPSA) is 49.9 Å². The molecule has 1 aromatic rings. The van der Waals surface area contributed by atoms with Gasteiger partial charge in [-0.05, 0) is 36.6 Å². The summed E-state index contributed by atoms with van der Waals surface area (Å²) in [5.41, 5.74) is 1.56. The zero-order valence-electron chi connectivity index (χ0n) is 14.5. The van der Waals surface area contributed by atoms with Crippen molar-refractivity contribution >= 4 is 17.5 Å². The standard InChI is InChI=1S/C19H26N2O3/c1-14(2)16-12-20(10-11-24-13-16)19(23)15-5-7-17(8-6-15)21-9-3-4-18(21)22/h5-8,14,16H,3-4,9-13H2,1-2H3. The van der Waals surface area contributed by atoms with Crippen molar-refractivity contribution in [1.29, 1.82) is 0 Å². The van der Waals surface area contributed by atoms with Crippen molar-refractivity contribution in [2.24, 2.45) is 11.8 Å². The zero-order chi connectivity index (χ0) is 17.1. The minimum absolute atomic E-state index is 0.0467. The first kappa shape index (κ1) is 17.0. The highest BCUT2D eigenvalue weighted by molar-refractivity contribution is 5.97. The number of rotatable bonds is 3. The number of carbonyl (C=O) groups excluding carboxylic acids is 2. The largest absolute Gasteiger partial charge is 0.379 e. The lowest BCUT2D eigenvalue weighted by Gasteiger charge is -2.26. The molecule has 1 unspecified atom stereocenters. The van der Waals surface area contributed by atoms with Crippen LogP contribution in [0.2, 0.25) is 0 Å². The molecule has 5 heteroatoms. The number of nitrogens with zero attached hydrogens (tertiary/aromatic N) is 2. The number of ether oxygens (including phenoxy) is 1. The van der Waals surface area contributed by atoms with Crippen LogP contribution in [0.1, 0.15) is 37.0 Å². The highest BCUT2D eigenvalue weighted by atomic mass is 16.5. The second-order valence-corrected chi connectivity index (χ2v) is 7.03. The van der Waals surface area contributed by atoms with Crippen LogP contribution < -0.4 is 4.90 Å². The summed E-state index contributed by atoms with van der Waals surface area (Å²) in [7, 11) is 0. The van der Waals surface area contributed by atoms with Crippen molar-refractivity contribution in [2.75, 3.05) is 37.7 Å². The number of benzene rings is 1. The molecule has 2 aliphatic rings. The van der Waals surface area contributed by atoms with E-state index in [0.29, 0.717) is 37.0 Å².